The van der Waals surface area contributed by atoms with Crippen molar-refractivity contribution in [2.75, 3.05) is 13.7 Å². The van der Waals surface area contributed by atoms with Crippen LogP contribution in [0.15, 0.2) is 48.7 Å². The fraction of sp³-hybridized carbons (Fsp3) is 0.481. The van der Waals surface area contributed by atoms with E-state index in [9.17, 15) is 14.3 Å². The quantitative estimate of drug-likeness (QED) is 0.753. The van der Waals surface area contributed by atoms with E-state index in [0.29, 0.717) is 11.8 Å². The average molecular weight is 435 g/mol. The second-order valence-electron chi connectivity index (χ2n) is 9.75. The number of aliphatic hydroxyl groups is 1. The van der Waals surface area contributed by atoms with Crippen LogP contribution in [0.4, 0.5) is 4.39 Å². The van der Waals surface area contributed by atoms with Crippen LogP contribution in [0, 0.1) is 35.4 Å². The van der Waals surface area contributed by atoms with Crippen molar-refractivity contribution < 1.29 is 14.3 Å². The number of halogens is 1. The van der Waals surface area contributed by atoms with Gasteiger partial charge in [0, 0.05) is 24.8 Å². The highest BCUT2D eigenvalue weighted by molar-refractivity contribution is 5.82. The van der Waals surface area contributed by atoms with E-state index in [0.717, 1.165) is 23.2 Å². The molecule has 6 atom stereocenters. The van der Waals surface area contributed by atoms with Crippen LogP contribution in [0.5, 0.6) is 0 Å². The Bertz CT molecular complexity index is 1000. The minimum absolute atomic E-state index is 0.0767. The number of benzene rings is 1. The van der Waals surface area contributed by atoms with Crippen LogP contribution >= 0.6 is 0 Å². The Kier molecular flexibility index (Phi) is 5.85. The van der Waals surface area contributed by atoms with E-state index in [4.69, 9.17) is 0 Å². The Balaban J connectivity index is 1.42. The molecular formula is C27H31FN2O2. The molecule has 4 nitrogen and oxygen atoms in total. The van der Waals surface area contributed by atoms with Gasteiger partial charge < -0.3 is 10.0 Å². The van der Waals surface area contributed by atoms with Gasteiger partial charge in [0.25, 0.3) is 0 Å². The predicted molar refractivity (Wildman–Crippen MR) is 123 cm³/mol. The molecule has 3 aliphatic rings. The first kappa shape index (κ1) is 21.3. The van der Waals surface area contributed by atoms with Crippen LogP contribution in [0.1, 0.15) is 37.8 Å². The lowest BCUT2D eigenvalue weighted by atomic mass is 9.58. The van der Waals surface area contributed by atoms with Gasteiger partial charge in [-0.15, -0.1) is 0 Å². The fourth-order valence-corrected chi connectivity index (χ4v) is 6.61. The molecule has 1 aromatic heterocycles. The van der Waals surface area contributed by atoms with Crippen LogP contribution in [0.25, 0.3) is 17.2 Å². The number of nitrogens with zero attached hydrogens (tertiary/aromatic N) is 2. The fourth-order valence-electron chi connectivity index (χ4n) is 6.61. The molecule has 2 aliphatic carbocycles. The molecule has 2 heterocycles. The number of carbonyl (C=O) groups excluding carboxylic acids is 1. The zero-order chi connectivity index (χ0) is 22.2. The zero-order valence-corrected chi connectivity index (χ0v) is 18.5. The van der Waals surface area contributed by atoms with Crippen molar-refractivity contribution in [3.05, 3.63) is 60.2 Å². The number of pyridine rings is 1. The van der Waals surface area contributed by atoms with E-state index in [2.05, 4.69) is 17.1 Å². The first-order valence-electron chi connectivity index (χ1n) is 11.8. The van der Waals surface area contributed by atoms with Crippen LogP contribution in [0.3, 0.4) is 0 Å². The molecule has 32 heavy (non-hydrogen) atoms. The second-order valence-corrected chi connectivity index (χ2v) is 9.75. The van der Waals surface area contributed by atoms with Gasteiger partial charge >= 0.3 is 0 Å². The van der Waals surface area contributed by atoms with Gasteiger partial charge in [0.2, 0.25) is 5.91 Å². The number of likely N-dealkylation sites (tertiary alicyclic amines) is 1. The number of fused-ring (bicyclic) bond motifs is 2. The molecule has 168 valence electrons. The molecular weight excluding hydrogens is 403 g/mol. The monoisotopic (exact) mass is 434 g/mol. The lowest BCUT2D eigenvalue weighted by molar-refractivity contribution is -0.131. The number of aromatic nitrogens is 1. The molecule has 3 fully saturated rings. The van der Waals surface area contributed by atoms with Gasteiger partial charge in [0.15, 0.2) is 0 Å². The third-order valence-corrected chi connectivity index (χ3v) is 8.15. The normalized spacial score (nSPS) is 32.2. The average Bonchev–Trinajstić information content (AvgIpc) is 3.06. The molecule has 1 saturated heterocycles. The highest BCUT2D eigenvalue weighted by Crippen LogP contribution is 2.53. The van der Waals surface area contributed by atoms with Gasteiger partial charge in [-0.2, -0.15) is 0 Å². The summed E-state index contributed by atoms with van der Waals surface area (Å²) in [6.45, 7) is -0.0767. The maximum absolute atomic E-state index is 13.5. The number of rotatable bonds is 4. The van der Waals surface area contributed by atoms with E-state index in [1.807, 2.05) is 30.1 Å². The zero-order valence-electron chi connectivity index (χ0n) is 18.5. The van der Waals surface area contributed by atoms with Crippen LogP contribution < -0.4 is 0 Å². The van der Waals surface area contributed by atoms with Gasteiger partial charge in [0.05, 0.1) is 18.2 Å². The Morgan fingerprint density at radius 1 is 1.19 bits per heavy atom. The Hall–Kier alpha value is -2.53. The largest absolute Gasteiger partial charge is 0.396 e. The molecule has 6 unspecified atom stereocenters. The molecule has 5 heteroatoms. The molecule has 1 aromatic carbocycles. The molecule has 0 spiro atoms. The number of allylic oxidation sites excluding steroid dienone is 1. The maximum Gasteiger partial charge on any atom is 0.228 e. The number of hydrogen-bond donors (Lipinski definition) is 1. The number of hydrogen-bond acceptors (Lipinski definition) is 3. The van der Waals surface area contributed by atoms with Crippen LogP contribution in [0.2, 0.25) is 0 Å². The lowest BCUT2D eigenvalue weighted by Crippen LogP contribution is -2.46. The third kappa shape index (κ3) is 3.77. The van der Waals surface area contributed by atoms with Crippen LogP contribution in [-0.2, 0) is 4.79 Å². The summed E-state index contributed by atoms with van der Waals surface area (Å²) in [5, 5.41) is 10.0. The predicted octanol–water partition coefficient (Wildman–Crippen LogP) is 4.79. The van der Waals surface area contributed by atoms with Crippen molar-refractivity contribution >= 4 is 12.0 Å². The number of aliphatic hydroxyl groups excluding tert-OH is 1. The molecule has 2 aromatic rings. The van der Waals surface area contributed by atoms with Gasteiger partial charge in [0.1, 0.15) is 5.82 Å². The molecule has 2 saturated carbocycles. The molecule has 1 amide bonds. The Morgan fingerprint density at radius 3 is 2.78 bits per heavy atom. The summed E-state index contributed by atoms with van der Waals surface area (Å²) in [5.41, 5.74) is 2.56. The van der Waals surface area contributed by atoms with Crippen molar-refractivity contribution in [3.8, 4) is 11.1 Å². The van der Waals surface area contributed by atoms with Gasteiger partial charge in [-0.3, -0.25) is 9.78 Å². The highest BCUT2D eigenvalue weighted by Gasteiger charge is 2.55. The van der Waals surface area contributed by atoms with Gasteiger partial charge in [-0.05, 0) is 66.4 Å². The van der Waals surface area contributed by atoms with E-state index in [1.165, 1.54) is 37.8 Å². The standard InChI is InChI=1S/C27H31FN2O2/c1-30-25-14-18-5-2-3-8-22(18)23(26(25)24(16-31)27(30)32)12-11-21-10-9-19(15-29-21)17-6-4-7-20(28)13-17/h4,6-7,9-13,15,18,22-26,31H,2-3,5,8,14,16H2,1H3/b12-11+. The molecule has 0 radical (unpaired) electrons. The minimum Gasteiger partial charge on any atom is -0.396 e. The molecule has 1 aliphatic heterocycles. The van der Waals surface area contributed by atoms with Gasteiger partial charge in [-0.25, -0.2) is 4.39 Å². The van der Waals surface area contributed by atoms with Crippen molar-refractivity contribution in [2.45, 2.75) is 38.1 Å². The third-order valence-electron chi connectivity index (χ3n) is 8.15. The van der Waals surface area contributed by atoms with E-state index in [-0.39, 0.29) is 42.1 Å². The summed E-state index contributed by atoms with van der Waals surface area (Å²) < 4.78 is 13.5. The first-order chi connectivity index (χ1) is 15.6. The minimum atomic E-state index is -0.300. The summed E-state index contributed by atoms with van der Waals surface area (Å²) in [5.74, 6) is 1.20. The topological polar surface area (TPSA) is 53.4 Å². The summed E-state index contributed by atoms with van der Waals surface area (Å²) in [4.78, 5) is 19.3. The maximum atomic E-state index is 13.5. The number of amides is 1. The highest BCUT2D eigenvalue weighted by atomic mass is 19.1. The smallest absolute Gasteiger partial charge is 0.228 e. The first-order valence-corrected chi connectivity index (χ1v) is 11.8. The van der Waals surface area contributed by atoms with Crippen molar-refractivity contribution in [1.29, 1.82) is 0 Å². The summed E-state index contributed by atoms with van der Waals surface area (Å²) in [6.07, 6.45) is 12.2. The van der Waals surface area contributed by atoms with Crippen molar-refractivity contribution in [2.24, 2.45) is 29.6 Å². The van der Waals surface area contributed by atoms with Crippen molar-refractivity contribution in [3.63, 3.8) is 0 Å². The van der Waals surface area contributed by atoms with E-state index >= 15 is 0 Å². The summed E-state index contributed by atoms with van der Waals surface area (Å²) in [6, 6.07) is 10.7. The molecule has 0 bridgehead atoms. The van der Waals surface area contributed by atoms with Gasteiger partial charge in [-0.1, -0.05) is 43.5 Å². The molecule has 1 N–H and O–H groups in total. The SMILES string of the molecule is CN1C(=O)C(CO)C2C(/C=C/c3ccc(-c4cccc(F)c4)cn3)C3CCCCC3CC21. The summed E-state index contributed by atoms with van der Waals surface area (Å²) in [7, 11) is 1.91. The Morgan fingerprint density at radius 2 is 2.03 bits per heavy atom. The summed E-state index contributed by atoms with van der Waals surface area (Å²) >= 11 is 0. The second kappa shape index (κ2) is 8.78. The Labute approximate surface area is 189 Å². The van der Waals surface area contributed by atoms with E-state index in [1.54, 1.807) is 12.3 Å². The van der Waals surface area contributed by atoms with Crippen molar-refractivity contribution in [1.82, 2.24) is 9.88 Å². The number of carbonyl (C=O) groups is 1. The lowest BCUT2D eigenvalue weighted by Gasteiger charge is -2.48. The molecule has 5 rings (SSSR count). The van der Waals surface area contributed by atoms with E-state index < -0.39 is 0 Å². The van der Waals surface area contributed by atoms with Crippen LogP contribution in [-0.4, -0.2) is 40.6 Å².